The minimum Gasteiger partial charge on any atom is -0.490 e. The molecule has 0 aliphatic heterocycles. The second-order valence-electron chi connectivity index (χ2n) is 5.45. The first-order valence-electron chi connectivity index (χ1n) is 8.41. The molecule has 0 radical (unpaired) electrons. The third-order valence-electron chi connectivity index (χ3n) is 3.57. The molecule has 0 fully saturated rings. The minimum atomic E-state index is -0.763. The van der Waals surface area contributed by atoms with E-state index in [9.17, 15) is 19.7 Å². The summed E-state index contributed by atoms with van der Waals surface area (Å²) in [6, 6.07) is 7.81. The predicted octanol–water partition coefficient (Wildman–Crippen LogP) is 4.09. The van der Waals surface area contributed by atoms with Crippen LogP contribution in [0.15, 0.2) is 36.4 Å². The standard InChI is InChI=1S/C19H18ClNO7/c1-3-26-17-10-13(9-15(20)18(17)27-4-2)19(23)28-11-16(22)12-5-7-14(8-6-12)21(24)25/h5-10H,3-4,11H2,1-2H3. The average Bonchev–Trinajstić information content (AvgIpc) is 2.68. The van der Waals surface area contributed by atoms with E-state index < -0.39 is 23.3 Å². The molecule has 0 spiro atoms. The van der Waals surface area contributed by atoms with Gasteiger partial charge in [-0.05, 0) is 38.1 Å². The Kier molecular flexibility index (Phi) is 7.34. The van der Waals surface area contributed by atoms with Crippen molar-refractivity contribution in [3.8, 4) is 11.5 Å². The number of non-ortho nitro benzene ring substituents is 1. The number of hydrogen-bond acceptors (Lipinski definition) is 7. The third-order valence-corrected chi connectivity index (χ3v) is 3.85. The van der Waals surface area contributed by atoms with Crippen LogP contribution < -0.4 is 9.47 Å². The fourth-order valence-corrected chi connectivity index (χ4v) is 2.57. The van der Waals surface area contributed by atoms with Gasteiger partial charge in [0.25, 0.3) is 5.69 Å². The number of rotatable bonds is 9. The first kappa shape index (κ1) is 21.2. The molecule has 0 amide bonds. The van der Waals surface area contributed by atoms with Crippen LogP contribution in [-0.4, -0.2) is 36.5 Å². The zero-order chi connectivity index (χ0) is 20.7. The maximum Gasteiger partial charge on any atom is 0.338 e. The van der Waals surface area contributed by atoms with E-state index in [2.05, 4.69) is 0 Å². The van der Waals surface area contributed by atoms with E-state index in [-0.39, 0.29) is 21.8 Å². The van der Waals surface area contributed by atoms with E-state index in [1.807, 2.05) is 0 Å². The number of hydrogen-bond donors (Lipinski definition) is 0. The monoisotopic (exact) mass is 407 g/mol. The number of nitrogens with zero attached hydrogens (tertiary/aromatic N) is 1. The number of ketones is 1. The van der Waals surface area contributed by atoms with Crippen LogP contribution in [0.2, 0.25) is 5.02 Å². The van der Waals surface area contributed by atoms with Gasteiger partial charge in [0.15, 0.2) is 23.9 Å². The number of carbonyl (C=O) groups excluding carboxylic acids is 2. The van der Waals surface area contributed by atoms with Gasteiger partial charge >= 0.3 is 5.97 Å². The predicted molar refractivity (Wildman–Crippen MR) is 101 cm³/mol. The summed E-state index contributed by atoms with van der Waals surface area (Å²) in [4.78, 5) is 34.5. The average molecular weight is 408 g/mol. The van der Waals surface area contributed by atoms with Crippen LogP contribution in [0, 0.1) is 10.1 Å². The van der Waals surface area contributed by atoms with Crippen molar-refractivity contribution >= 4 is 29.0 Å². The summed E-state index contributed by atoms with van der Waals surface area (Å²) in [5.74, 6) is -0.638. The molecule has 0 aliphatic carbocycles. The zero-order valence-electron chi connectivity index (χ0n) is 15.3. The molecular weight excluding hydrogens is 390 g/mol. The highest BCUT2D eigenvalue weighted by Gasteiger charge is 2.18. The molecule has 28 heavy (non-hydrogen) atoms. The van der Waals surface area contributed by atoms with Crippen LogP contribution in [0.3, 0.4) is 0 Å². The van der Waals surface area contributed by atoms with E-state index in [1.165, 1.54) is 36.4 Å². The normalized spacial score (nSPS) is 10.2. The van der Waals surface area contributed by atoms with Crippen molar-refractivity contribution in [2.24, 2.45) is 0 Å². The van der Waals surface area contributed by atoms with E-state index in [4.69, 9.17) is 25.8 Å². The highest BCUT2D eigenvalue weighted by Crippen LogP contribution is 2.36. The molecule has 8 nitrogen and oxygen atoms in total. The summed E-state index contributed by atoms with van der Waals surface area (Å²) in [5.41, 5.74) is 0.160. The van der Waals surface area contributed by atoms with Crippen molar-refractivity contribution in [3.05, 3.63) is 62.7 Å². The lowest BCUT2D eigenvalue weighted by Gasteiger charge is -2.14. The molecule has 0 saturated carbocycles. The van der Waals surface area contributed by atoms with Crippen molar-refractivity contribution in [1.29, 1.82) is 0 Å². The van der Waals surface area contributed by atoms with Gasteiger partial charge in [0.05, 0.1) is 28.7 Å². The highest BCUT2D eigenvalue weighted by molar-refractivity contribution is 6.32. The molecule has 0 saturated heterocycles. The van der Waals surface area contributed by atoms with Crippen LogP contribution >= 0.6 is 11.6 Å². The lowest BCUT2D eigenvalue weighted by Crippen LogP contribution is -2.14. The summed E-state index contributed by atoms with van der Waals surface area (Å²) in [6.45, 7) is 3.75. The lowest BCUT2D eigenvalue weighted by molar-refractivity contribution is -0.384. The van der Waals surface area contributed by atoms with E-state index in [0.717, 1.165) is 0 Å². The van der Waals surface area contributed by atoms with Crippen LogP contribution in [0.4, 0.5) is 5.69 Å². The molecule has 0 aromatic heterocycles. The molecule has 0 N–H and O–H groups in total. The number of nitro groups is 1. The Morgan fingerprint density at radius 2 is 1.68 bits per heavy atom. The number of Topliss-reactive ketones (excluding diaryl/α,β-unsaturated/α-hetero) is 1. The van der Waals surface area contributed by atoms with Crippen LogP contribution in [0.5, 0.6) is 11.5 Å². The summed E-state index contributed by atoms with van der Waals surface area (Å²) in [7, 11) is 0. The van der Waals surface area contributed by atoms with Crippen molar-refractivity contribution in [3.63, 3.8) is 0 Å². The van der Waals surface area contributed by atoms with E-state index >= 15 is 0 Å². The second-order valence-corrected chi connectivity index (χ2v) is 5.86. The fraction of sp³-hybridized carbons (Fsp3) is 0.263. The first-order chi connectivity index (χ1) is 13.4. The Morgan fingerprint density at radius 1 is 1.04 bits per heavy atom. The van der Waals surface area contributed by atoms with Gasteiger partial charge in [-0.1, -0.05) is 11.6 Å². The molecule has 2 aromatic rings. The van der Waals surface area contributed by atoms with Gasteiger partial charge in [-0.2, -0.15) is 0 Å². The second kappa shape index (κ2) is 9.70. The van der Waals surface area contributed by atoms with Gasteiger partial charge in [-0.3, -0.25) is 14.9 Å². The minimum absolute atomic E-state index is 0.105. The summed E-state index contributed by atoms with van der Waals surface area (Å²) in [5, 5.41) is 10.8. The molecule has 9 heteroatoms. The van der Waals surface area contributed by atoms with Gasteiger partial charge in [0.1, 0.15) is 0 Å². The molecular formula is C19H18ClNO7. The molecule has 148 valence electrons. The molecule has 0 heterocycles. The quantitative estimate of drug-likeness (QED) is 0.267. The Hall–Kier alpha value is -3.13. The largest absolute Gasteiger partial charge is 0.490 e. The van der Waals surface area contributed by atoms with Gasteiger partial charge in [0.2, 0.25) is 0 Å². The number of benzene rings is 2. The number of ether oxygens (including phenoxy) is 3. The Labute approximate surface area is 166 Å². The maximum atomic E-state index is 12.3. The van der Waals surface area contributed by atoms with Crippen molar-refractivity contribution in [2.75, 3.05) is 19.8 Å². The number of esters is 1. The van der Waals surface area contributed by atoms with Gasteiger partial charge < -0.3 is 14.2 Å². The van der Waals surface area contributed by atoms with Crippen molar-refractivity contribution < 1.29 is 28.7 Å². The Bertz CT molecular complexity index is 881. The van der Waals surface area contributed by atoms with Crippen LogP contribution in [0.25, 0.3) is 0 Å². The number of halogens is 1. The van der Waals surface area contributed by atoms with E-state index in [1.54, 1.807) is 13.8 Å². The fourth-order valence-electron chi connectivity index (χ4n) is 2.30. The molecule has 0 aliphatic rings. The van der Waals surface area contributed by atoms with Gasteiger partial charge in [0, 0.05) is 17.7 Å². The maximum absolute atomic E-state index is 12.3. The summed E-state index contributed by atoms with van der Waals surface area (Å²) >= 11 is 6.16. The summed E-state index contributed by atoms with van der Waals surface area (Å²) in [6.07, 6.45) is 0. The smallest absolute Gasteiger partial charge is 0.338 e. The van der Waals surface area contributed by atoms with E-state index in [0.29, 0.717) is 24.7 Å². The molecule has 0 bridgehead atoms. The van der Waals surface area contributed by atoms with Gasteiger partial charge in [-0.25, -0.2) is 4.79 Å². The Balaban J connectivity index is 2.09. The van der Waals surface area contributed by atoms with Gasteiger partial charge in [-0.15, -0.1) is 0 Å². The van der Waals surface area contributed by atoms with Crippen LogP contribution in [-0.2, 0) is 4.74 Å². The molecule has 0 atom stereocenters. The third kappa shape index (κ3) is 5.20. The Morgan fingerprint density at radius 3 is 2.25 bits per heavy atom. The number of nitro benzene ring substituents is 1. The SMILES string of the molecule is CCOc1cc(C(=O)OCC(=O)c2ccc([N+](=O)[O-])cc2)cc(Cl)c1OCC. The topological polar surface area (TPSA) is 105 Å². The summed E-state index contributed by atoms with van der Waals surface area (Å²) < 4.78 is 15.9. The van der Waals surface area contributed by atoms with Crippen molar-refractivity contribution in [2.45, 2.75) is 13.8 Å². The molecule has 2 rings (SSSR count). The molecule has 2 aromatic carbocycles. The first-order valence-corrected chi connectivity index (χ1v) is 8.79. The van der Waals surface area contributed by atoms with Crippen LogP contribution in [0.1, 0.15) is 34.6 Å². The lowest BCUT2D eigenvalue weighted by atomic mass is 10.1. The van der Waals surface area contributed by atoms with Crippen molar-refractivity contribution in [1.82, 2.24) is 0 Å². The highest BCUT2D eigenvalue weighted by atomic mass is 35.5. The number of carbonyl (C=O) groups is 2. The zero-order valence-corrected chi connectivity index (χ0v) is 16.0. The molecule has 0 unspecified atom stereocenters.